The summed E-state index contributed by atoms with van der Waals surface area (Å²) in [6.07, 6.45) is 0.106. The summed E-state index contributed by atoms with van der Waals surface area (Å²) in [6.45, 7) is 2.26. The Morgan fingerprint density at radius 1 is 1.22 bits per heavy atom. The van der Waals surface area contributed by atoms with Gasteiger partial charge in [0.05, 0.1) is 28.8 Å². The number of hydrogen-bond donors (Lipinski definition) is 1. The van der Waals surface area contributed by atoms with E-state index in [2.05, 4.69) is 5.32 Å². The Morgan fingerprint density at radius 2 is 2.00 bits per heavy atom. The van der Waals surface area contributed by atoms with Gasteiger partial charge in [-0.2, -0.15) is 0 Å². The molecule has 0 saturated carbocycles. The van der Waals surface area contributed by atoms with Crippen LogP contribution in [-0.2, 0) is 14.3 Å². The van der Waals surface area contributed by atoms with Crippen LogP contribution in [-0.4, -0.2) is 30.9 Å². The predicted octanol–water partition coefficient (Wildman–Crippen LogP) is 3.51. The molecule has 140 valence electrons. The van der Waals surface area contributed by atoms with E-state index in [1.807, 2.05) is 0 Å². The second-order valence-corrected chi connectivity index (χ2v) is 6.55. The Bertz CT molecular complexity index is 884. The highest BCUT2D eigenvalue weighted by Gasteiger charge is 2.35. The molecular formula is C20H19ClN2O4. The zero-order valence-corrected chi connectivity index (χ0v) is 15.5. The predicted molar refractivity (Wildman–Crippen MR) is 103 cm³/mol. The average Bonchev–Trinajstić information content (AvgIpc) is 3.04. The summed E-state index contributed by atoms with van der Waals surface area (Å²) in [5, 5.41) is 3.24. The molecule has 0 aromatic heterocycles. The number of nitrogens with one attached hydrogen (secondary N) is 1. The quantitative estimate of drug-likeness (QED) is 0.798. The summed E-state index contributed by atoms with van der Waals surface area (Å²) in [4.78, 5) is 38.3. The van der Waals surface area contributed by atoms with Gasteiger partial charge in [-0.3, -0.25) is 9.59 Å². The minimum absolute atomic E-state index is 0.106. The molecule has 1 aliphatic heterocycles. The smallest absolute Gasteiger partial charge is 0.338 e. The van der Waals surface area contributed by atoms with E-state index in [-0.39, 0.29) is 31.4 Å². The van der Waals surface area contributed by atoms with Crippen molar-refractivity contribution in [1.29, 1.82) is 0 Å². The van der Waals surface area contributed by atoms with E-state index in [1.165, 1.54) is 4.90 Å². The van der Waals surface area contributed by atoms with Gasteiger partial charge in [0.1, 0.15) is 0 Å². The van der Waals surface area contributed by atoms with Crippen molar-refractivity contribution in [2.75, 3.05) is 23.4 Å². The van der Waals surface area contributed by atoms with Crippen LogP contribution in [0.15, 0.2) is 48.5 Å². The zero-order valence-electron chi connectivity index (χ0n) is 14.8. The van der Waals surface area contributed by atoms with Gasteiger partial charge in [-0.25, -0.2) is 4.79 Å². The largest absolute Gasteiger partial charge is 0.462 e. The maximum Gasteiger partial charge on any atom is 0.338 e. The molecule has 0 radical (unpaired) electrons. The molecule has 1 saturated heterocycles. The number of amides is 2. The lowest BCUT2D eigenvalue weighted by Gasteiger charge is -2.18. The lowest BCUT2D eigenvalue weighted by Crippen LogP contribution is -2.28. The van der Waals surface area contributed by atoms with Gasteiger partial charge in [-0.15, -0.1) is 0 Å². The van der Waals surface area contributed by atoms with E-state index in [1.54, 1.807) is 55.5 Å². The number of nitrogens with zero attached hydrogens (tertiary/aromatic N) is 1. The van der Waals surface area contributed by atoms with Gasteiger partial charge in [-0.1, -0.05) is 29.8 Å². The van der Waals surface area contributed by atoms with Crippen LogP contribution in [0.1, 0.15) is 23.7 Å². The summed E-state index contributed by atoms with van der Waals surface area (Å²) in [5.74, 6) is -1.38. The van der Waals surface area contributed by atoms with Crippen molar-refractivity contribution in [2.45, 2.75) is 13.3 Å². The first kappa shape index (κ1) is 18.9. The molecule has 3 rings (SSSR count). The normalized spacial score (nSPS) is 16.3. The second kappa shape index (κ2) is 8.22. The fourth-order valence-electron chi connectivity index (χ4n) is 2.97. The van der Waals surface area contributed by atoms with E-state index in [4.69, 9.17) is 16.3 Å². The Balaban J connectivity index is 1.69. The molecule has 1 heterocycles. The maximum atomic E-state index is 12.6. The van der Waals surface area contributed by atoms with Crippen LogP contribution in [0.3, 0.4) is 0 Å². The molecule has 2 aromatic carbocycles. The molecule has 2 aromatic rings. The van der Waals surface area contributed by atoms with Gasteiger partial charge in [0.2, 0.25) is 11.8 Å². The number of hydrogen-bond acceptors (Lipinski definition) is 4. The van der Waals surface area contributed by atoms with Crippen molar-refractivity contribution in [3.05, 3.63) is 59.1 Å². The van der Waals surface area contributed by atoms with E-state index in [9.17, 15) is 14.4 Å². The number of carbonyl (C=O) groups is 3. The third kappa shape index (κ3) is 4.28. The highest BCUT2D eigenvalue weighted by molar-refractivity contribution is 6.33. The summed E-state index contributed by atoms with van der Waals surface area (Å²) in [5.41, 5.74) is 1.44. The summed E-state index contributed by atoms with van der Waals surface area (Å²) in [7, 11) is 0. The van der Waals surface area contributed by atoms with Crippen LogP contribution in [0.25, 0.3) is 0 Å². The molecule has 1 atom stereocenters. The van der Waals surface area contributed by atoms with E-state index in [0.29, 0.717) is 22.0 Å². The SMILES string of the molecule is CCOC(=O)c1cccc(NC(=O)C2CC(=O)N(c3ccccc3Cl)C2)c1. The fraction of sp³-hybridized carbons (Fsp3) is 0.250. The summed E-state index contributed by atoms with van der Waals surface area (Å²) < 4.78 is 4.96. The van der Waals surface area contributed by atoms with Crippen LogP contribution < -0.4 is 10.2 Å². The highest BCUT2D eigenvalue weighted by Crippen LogP contribution is 2.31. The van der Waals surface area contributed by atoms with Crippen molar-refractivity contribution in [1.82, 2.24) is 0 Å². The van der Waals surface area contributed by atoms with Crippen LogP contribution >= 0.6 is 11.6 Å². The molecule has 0 aliphatic carbocycles. The number of rotatable bonds is 5. The van der Waals surface area contributed by atoms with Gasteiger partial charge in [0, 0.05) is 18.7 Å². The van der Waals surface area contributed by atoms with Crippen LogP contribution in [0.4, 0.5) is 11.4 Å². The molecule has 1 fully saturated rings. The second-order valence-electron chi connectivity index (χ2n) is 6.15. The number of para-hydroxylation sites is 1. The first-order chi connectivity index (χ1) is 13.0. The van der Waals surface area contributed by atoms with E-state index < -0.39 is 11.9 Å². The average molecular weight is 387 g/mol. The molecule has 1 unspecified atom stereocenters. The zero-order chi connectivity index (χ0) is 19.4. The molecule has 0 spiro atoms. The minimum atomic E-state index is -0.500. The first-order valence-corrected chi connectivity index (χ1v) is 9.00. The van der Waals surface area contributed by atoms with Crippen molar-refractivity contribution >= 4 is 40.8 Å². The number of anilines is 2. The Morgan fingerprint density at radius 3 is 2.74 bits per heavy atom. The Hall–Kier alpha value is -2.86. The van der Waals surface area contributed by atoms with Gasteiger partial charge in [-0.05, 0) is 37.3 Å². The van der Waals surface area contributed by atoms with Crippen LogP contribution in [0.5, 0.6) is 0 Å². The summed E-state index contributed by atoms with van der Waals surface area (Å²) in [6, 6.07) is 13.6. The highest BCUT2D eigenvalue weighted by atomic mass is 35.5. The molecule has 7 heteroatoms. The molecule has 6 nitrogen and oxygen atoms in total. The lowest BCUT2D eigenvalue weighted by atomic mass is 10.1. The third-order valence-electron chi connectivity index (χ3n) is 4.28. The Kier molecular flexibility index (Phi) is 5.76. The minimum Gasteiger partial charge on any atom is -0.462 e. The lowest BCUT2D eigenvalue weighted by molar-refractivity contribution is -0.122. The number of carbonyl (C=O) groups excluding carboxylic acids is 3. The molecular weight excluding hydrogens is 368 g/mol. The van der Waals surface area contributed by atoms with Crippen molar-refractivity contribution in [2.24, 2.45) is 5.92 Å². The number of esters is 1. The topological polar surface area (TPSA) is 75.7 Å². The molecule has 1 aliphatic rings. The van der Waals surface area contributed by atoms with E-state index >= 15 is 0 Å². The molecule has 27 heavy (non-hydrogen) atoms. The number of benzene rings is 2. The molecule has 1 N–H and O–H groups in total. The van der Waals surface area contributed by atoms with Crippen LogP contribution in [0.2, 0.25) is 5.02 Å². The van der Waals surface area contributed by atoms with E-state index in [0.717, 1.165) is 0 Å². The van der Waals surface area contributed by atoms with Gasteiger partial charge >= 0.3 is 5.97 Å². The van der Waals surface area contributed by atoms with Crippen molar-refractivity contribution in [3.63, 3.8) is 0 Å². The monoisotopic (exact) mass is 386 g/mol. The molecule has 0 bridgehead atoms. The standard InChI is InChI=1S/C20H19ClN2O4/c1-2-27-20(26)13-6-5-7-15(10-13)22-19(25)14-11-18(24)23(12-14)17-9-4-3-8-16(17)21/h3-10,14H,2,11-12H2,1H3,(H,22,25). The van der Waals surface area contributed by atoms with Gasteiger partial charge in [0.25, 0.3) is 0 Å². The molecule has 2 amide bonds. The van der Waals surface area contributed by atoms with Gasteiger partial charge < -0.3 is 15.0 Å². The maximum absolute atomic E-state index is 12.6. The summed E-state index contributed by atoms with van der Waals surface area (Å²) >= 11 is 6.16. The third-order valence-corrected chi connectivity index (χ3v) is 4.60. The number of ether oxygens (including phenoxy) is 1. The Labute approximate surface area is 162 Å². The fourth-order valence-corrected chi connectivity index (χ4v) is 3.21. The first-order valence-electron chi connectivity index (χ1n) is 8.62. The van der Waals surface area contributed by atoms with Crippen molar-refractivity contribution < 1.29 is 19.1 Å². The number of halogens is 1. The van der Waals surface area contributed by atoms with Gasteiger partial charge in [0.15, 0.2) is 0 Å². The van der Waals surface area contributed by atoms with Crippen molar-refractivity contribution in [3.8, 4) is 0 Å². The van der Waals surface area contributed by atoms with Crippen LogP contribution in [0, 0.1) is 5.92 Å².